The number of phenolic OH excluding ortho intramolecular Hbond substituents is 1. The number of rotatable bonds is 2. The minimum absolute atomic E-state index is 0.0989. The highest BCUT2D eigenvalue weighted by molar-refractivity contribution is 5.76. The van der Waals surface area contributed by atoms with Gasteiger partial charge in [-0.25, -0.2) is 0 Å². The smallest absolute Gasteiger partial charge is 0.115 e. The molecule has 0 aliphatic heterocycles. The molecule has 0 amide bonds. The van der Waals surface area contributed by atoms with E-state index in [-0.39, 0.29) is 10.8 Å². The van der Waals surface area contributed by atoms with Crippen molar-refractivity contribution in [3.8, 4) is 16.9 Å². The van der Waals surface area contributed by atoms with Crippen LogP contribution < -0.4 is 0 Å². The van der Waals surface area contributed by atoms with Crippen molar-refractivity contribution >= 4 is 0 Å². The van der Waals surface area contributed by atoms with E-state index in [9.17, 15) is 5.11 Å². The van der Waals surface area contributed by atoms with E-state index in [0.29, 0.717) is 5.75 Å². The molecule has 1 nitrogen and oxygen atoms in total. The summed E-state index contributed by atoms with van der Waals surface area (Å²) in [6.45, 7) is 13.6. The Balaban J connectivity index is 2.15. The molecule has 1 N–H and O–H groups in total. The van der Waals surface area contributed by atoms with Crippen LogP contribution in [0.2, 0.25) is 0 Å². The topological polar surface area (TPSA) is 20.2 Å². The Hall–Kier alpha value is -2.28. The molecule has 0 fully saturated rings. The van der Waals surface area contributed by atoms with Gasteiger partial charge in [0.05, 0.1) is 0 Å². The summed E-state index contributed by atoms with van der Waals surface area (Å²) in [5.41, 5.74) is 8.24. The summed E-state index contributed by atoms with van der Waals surface area (Å²) >= 11 is 0. The fourth-order valence-electron chi connectivity index (χ4n) is 3.53. The minimum Gasteiger partial charge on any atom is -0.508 e. The molecule has 0 bridgehead atoms. The number of fused-ring (bicyclic) bond motifs is 1. The van der Waals surface area contributed by atoms with Gasteiger partial charge in [-0.1, -0.05) is 84.0 Å². The predicted molar refractivity (Wildman–Crippen MR) is 111 cm³/mol. The Morgan fingerprint density at radius 2 is 1.27 bits per heavy atom. The normalized spacial score (nSPS) is 12.5. The van der Waals surface area contributed by atoms with Crippen LogP contribution in [-0.4, -0.2) is 5.11 Å². The van der Waals surface area contributed by atoms with Crippen LogP contribution in [0, 0.1) is 0 Å². The molecule has 1 aromatic rings. The molecule has 26 heavy (non-hydrogen) atoms. The fraction of sp³-hybridized carbons (Fsp3) is 0.360. The SMILES string of the molecule is CC(C)(C)c1ccc2c(Cc3ccc(O)cc3)cc(C(C)(C)C)c-2cc1. The number of hydrogen-bond acceptors (Lipinski definition) is 1. The van der Waals surface area contributed by atoms with Gasteiger partial charge in [0, 0.05) is 0 Å². The van der Waals surface area contributed by atoms with E-state index in [1.165, 1.54) is 33.4 Å². The summed E-state index contributed by atoms with van der Waals surface area (Å²) in [6.07, 6.45) is 0.877. The lowest BCUT2D eigenvalue weighted by Gasteiger charge is -2.19. The molecule has 2 aliphatic rings. The summed E-state index contributed by atoms with van der Waals surface area (Å²) < 4.78 is 0. The van der Waals surface area contributed by atoms with Crippen LogP contribution in [0.5, 0.6) is 5.75 Å². The quantitative estimate of drug-likeness (QED) is 0.548. The zero-order valence-corrected chi connectivity index (χ0v) is 16.9. The van der Waals surface area contributed by atoms with Gasteiger partial charge in [0.25, 0.3) is 0 Å². The summed E-state index contributed by atoms with van der Waals surface area (Å²) in [5.74, 6) is 0.317. The first-order chi connectivity index (χ1) is 12.1. The molecule has 0 spiro atoms. The molecule has 136 valence electrons. The third kappa shape index (κ3) is 3.77. The molecule has 0 atom stereocenters. The maximum absolute atomic E-state index is 9.55. The van der Waals surface area contributed by atoms with Crippen LogP contribution in [-0.2, 0) is 17.3 Å². The second-order valence-corrected chi connectivity index (χ2v) is 9.38. The van der Waals surface area contributed by atoms with Crippen molar-refractivity contribution in [3.63, 3.8) is 0 Å². The van der Waals surface area contributed by atoms with Gasteiger partial charge in [-0.2, -0.15) is 0 Å². The average Bonchev–Trinajstić information content (AvgIpc) is 2.72. The van der Waals surface area contributed by atoms with Crippen molar-refractivity contribution in [2.75, 3.05) is 0 Å². The van der Waals surface area contributed by atoms with E-state index >= 15 is 0 Å². The number of benzene rings is 1. The van der Waals surface area contributed by atoms with Crippen molar-refractivity contribution < 1.29 is 5.11 Å². The van der Waals surface area contributed by atoms with Crippen LogP contribution in [0.15, 0.2) is 54.6 Å². The lowest BCUT2D eigenvalue weighted by atomic mass is 9.85. The summed E-state index contributed by atoms with van der Waals surface area (Å²) in [6, 6.07) is 19.1. The maximum Gasteiger partial charge on any atom is 0.115 e. The van der Waals surface area contributed by atoms with Crippen LogP contribution in [0.3, 0.4) is 0 Å². The van der Waals surface area contributed by atoms with Gasteiger partial charge >= 0.3 is 0 Å². The van der Waals surface area contributed by atoms with Crippen LogP contribution in [0.4, 0.5) is 0 Å². The monoisotopic (exact) mass is 346 g/mol. The highest BCUT2D eigenvalue weighted by Gasteiger charge is 2.24. The average molecular weight is 347 g/mol. The first-order valence-corrected chi connectivity index (χ1v) is 9.40. The van der Waals surface area contributed by atoms with Crippen molar-refractivity contribution in [1.82, 2.24) is 0 Å². The van der Waals surface area contributed by atoms with Gasteiger partial charge in [-0.15, -0.1) is 0 Å². The highest BCUT2D eigenvalue weighted by Crippen LogP contribution is 2.40. The Kier molecular flexibility index (Phi) is 4.60. The van der Waals surface area contributed by atoms with E-state index in [0.717, 1.165) is 6.42 Å². The zero-order chi connectivity index (χ0) is 19.1. The van der Waals surface area contributed by atoms with Gasteiger partial charge in [0.1, 0.15) is 5.75 Å². The molecular formula is C25H30O. The van der Waals surface area contributed by atoms with E-state index in [1.54, 1.807) is 12.1 Å². The van der Waals surface area contributed by atoms with E-state index in [2.05, 4.69) is 71.9 Å². The molecule has 1 heteroatoms. The second-order valence-electron chi connectivity index (χ2n) is 9.38. The van der Waals surface area contributed by atoms with E-state index in [4.69, 9.17) is 0 Å². The molecule has 0 saturated carbocycles. The van der Waals surface area contributed by atoms with Gasteiger partial charge in [-0.05, 0) is 62.8 Å². The molecule has 0 heterocycles. The Bertz CT molecular complexity index is 874. The largest absolute Gasteiger partial charge is 0.508 e. The molecule has 0 unspecified atom stereocenters. The molecule has 0 radical (unpaired) electrons. The second kappa shape index (κ2) is 6.46. The molecule has 2 aliphatic carbocycles. The molecule has 1 aromatic carbocycles. The third-order valence-electron chi connectivity index (χ3n) is 5.11. The van der Waals surface area contributed by atoms with Gasteiger partial charge in [-0.3, -0.25) is 0 Å². The molecule has 0 aromatic heterocycles. The Morgan fingerprint density at radius 3 is 1.81 bits per heavy atom. The van der Waals surface area contributed by atoms with Crippen LogP contribution in [0.25, 0.3) is 11.1 Å². The minimum atomic E-state index is 0.0989. The maximum atomic E-state index is 9.55. The lowest BCUT2D eigenvalue weighted by Crippen LogP contribution is -2.10. The summed E-state index contributed by atoms with van der Waals surface area (Å²) in [7, 11) is 0. The van der Waals surface area contributed by atoms with Crippen molar-refractivity contribution in [2.24, 2.45) is 0 Å². The first kappa shape index (κ1) is 18.5. The number of aromatic hydroxyl groups is 1. The summed E-state index contributed by atoms with van der Waals surface area (Å²) in [4.78, 5) is 0. The Labute approximate surface area is 158 Å². The molecular weight excluding hydrogens is 316 g/mol. The first-order valence-electron chi connectivity index (χ1n) is 9.40. The van der Waals surface area contributed by atoms with Crippen molar-refractivity contribution in [3.05, 3.63) is 76.9 Å². The van der Waals surface area contributed by atoms with Gasteiger partial charge in [0.2, 0.25) is 0 Å². The number of phenols is 1. The predicted octanol–water partition coefficient (Wildman–Crippen LogP) is 6.68. The molecule has 0 saturated heterocycles. The van der Waals surface area contributed by atoms with Gasteiger partial charge in [0.15, 0.2) is 0 Å². The zero-order valence-electron chi connectivity index (χ0n) is 16.9. The highest BCUT2D eigenvalue weighted by atomic mass is 16.3. The summed E-state index contributed by atoms with van der Waals surface area (Å²) in [5, 5.41) is 9.55. The van der Waals surface area contributed by atoms with Crippen LogP contribution in [0.1, 0.15) is 63.8 Å². The van der Waals surface area contributed by atoms with E-state index < -0.39 is 0 Å². The Morgan fingerprint density at radius 1 is 0.692 bits per heavy atom. The van der Waals surface area contributed by atoms with E-state index in [1.807, 2.05) is 12.1 Å². The molecule has 3 rings (SSSR count). The van der Waals surface area contributed by atoms with Crippen molar-refractivity contribution in [1.29, 1.82) is 0 Å². The third-order valence-corrected chi connectivity index (χ3v) is 5.11. The van der Waals surface area contributed by atoms with Crippen molar-refractivity contribution in [2.45, 2.75) is 58.8 Å². The fourth-order valence-corrected chi connectivity index (χ4v) is 3.53. The van der Waals surface area contributed by atoms with Crippen LogP contribution >= 0.6 is 0 Å². The lowest BCUT2D eigenvalue weighted by molar-refractivity contribution is 0.475. The standard InChI is InChI=1S/C25H30O/c1-24(2,3)19-9-13-21-18(15-17-7-11-20(26)12-8-17)16-23(25(4,5)6)22(21)14-10-19/h7-14,16,26H,15H2,1-6H3. The number of hydrogen-bond donors (Lipinski definition) is 1. The van der Waals surface area contributed by atoms with Gasteiger partial charge < -0.3 is 5.11 Å².